The number of hydrogen-bond donors (Lipinski definition) is 4. The first-order valence-electron chi connectivity index (χ1n) is 2.55. The minimum Gasteiger partial charge on any atom is -0.481 e. The second-order valence-electron chi connectivity index (χ2n) is 1.49. The van der Waals surface area contributed by atoms with Gasteiger partial charge in [0.1, 0.15) is 0 Å². The van der Waals surface area contributed by atoms with Crippen LogP contribution in [0.25, 0.3) is 0 Å². The number of carboxylic acids is 2. The summed E-state index contributed by atoms with van der Waals surface area (Å²) >= 11 is 0. The van der Waals surface area contributed by atoms with Crippen molar-refractivity contribution in [1.29, 1.82) is 0 Å². The van der Waals surface area contributed by atoms with E-state index in [0.717, 1.165) is 13.8 Å². The van der Waals surface area contributed by atoms with Gasteiger partial charge < -0.3 is 15.7 Å². The Morgan fingerprint density at radius 2 is 0.929 bits per heavy atom. The van der Waals surface area contributed by atoms with Crippen molar-refractivity contribution in [2.24, 2.45) is 0 Å². The van der Waals surface area contributed by atoms with Crippen molar-refractivity contribution in [3.63, 3.8) is 0 Å². The van der Waals surface area contributed by atoms with E-state index in [4.69, 9.17) is 37.3 Å². The van der Waals surface area contributed by atoms with Gasteiger partial charge in [-0.05, 0) is 0 Å². The lowest BCUT2D eigenvalue weighted by Gasteiger charge is -1.68. The van der Waals surface area contributed by atoms with Crippen LogP contribution in [-0.2, 0) is 20.0 Å². The topological polar surface area (TPSA) is 181 Å². The highest BCUT2D eigenvalue weighted by molar-refractivity contribution is 7.79. The first kappa shape index (κ1) is 23.0. The summed E-state index contributed by atoms with van der Waals surface area (Å²) in [7, 11) is -4.67. The molecule has 0 unspecified atom stereocenters. The predicted molar refractivity (Wildman–Crippen MR) is 44.4 cm³/mol. The van der Waals surface area contributed by atoms with Gasteiger partial charge in [0.25, 0.3) is 11.9 Å². The van der Waals surface area contributed by atoms with E-state index in [1.165, 1.54) is 0 Å². The highest BCUT2D eigenvalue weighted by atomic mass is 32.3. The van der Waals surface area contributed by atoms with E-state index >= 15 is 0 Å². The van der Waals surface area contributed by atoms with Crippen LogP contribution in [0, 0.1) is 0 Å². The van der Waals surface area contributed by atoms with Gasteiger partial charge in [0.05, 0.1) is 0 Å². The molecule has 14 heavy (non-hydrogen) atoms. The van der Waals surface area contributed by atoms with Crippen LogP contribution < -0.4 is 0 Å². The molecule has 0 heterocycles. The molecule has 0 saturated carbocycles. The van der Waals surface area contributed by atoms with Gasteiger partial charge in [0.15, 0.2) is 0 Å². The van der Waals surface area contributed by atoms with Gasteiger partial charge >= 0.3 is 10.4 Å². The van der Waals surface area contributed by atoms with Crippen molar-refractivity contribution < 1.29 is 42.8 Å². The molecule has 88 valence electrons. The summed E-state index contributed by atoms with van der Waals surface area (Å²) in [6.07, 6.45) is 0. The molecular formula is C4H12O9S. The average Bonchev–Trinajstić information content (AvgIpc) is 1.50. The monoisotopic (exact) mass is 236 g/mol. The van der Waals surface area contributed by atoms with E-state index in [2.05, 4.69) is 0 Å². The molecule has 0 radical (unpaired) electrons. The summed E-state index contributed by atoms with van der Waals surface area (Å²) in [6.45, 7) is 2.17. The molecular weight excluding hydrogens is 224 g/mol. The van der Waals surface area contributed by atoms with E-state index in [1.807, 2.05) is 0 Å². The smallest absolute Gasteiger partial charge is 0.394 e. The predicted octanol–water partition coefficient (Wildman–Crippen LogP) is -1.30. The number of carboxylic acid groups (broad SMARTS) is 2. The zero-order valence-corrected chi connectivity index (χ0v) is 8.15. The molecule has 0 aromatic carbocycles. The number of rotatable bonds is 0. The van der Waals surface area contributed by atoms with Gasteiger partial charge in [-0.1, -0.05) is 0 Å². The molecule has 0 aromatic heterocycles. The second kappa shape index (κ2) is 11.8. The van der Waals surface area contributed by atoms with Crippen LogP contribution in [-0.4, -0.2) is 45.2 Å². The Morgan fingerprint density at radius 1 is 0.929 bits per heavy atom. The molecule has 0 spiro atoms. The lowest BCUT2D eigenvalue weighted by Crippen LogP contribution is -1.89. The van der Waals surface area contributed by atoms with E-state index in [9.17, 15) is 0 Å². The van der Waals surface area contributed by atoms with Crippen LogP contribution >= 0.6 is 0 Å². The van der Waals surface area contributed by atoms with Crippen molar-refractivity contribution in [2.75, 3.05) is 0 Å². The van der Waals surface area contributed by atoms with Gasteiger partial charge in [-0.3, -0.25) is 18.7 Å². The van der Waals surface area contributed by atoms with Crippen molar-refractivity contribution in [3.8, 4) is 0 Å². The summed E-state index contributed by atoms with van der Waals surface area (Å²) in [5.41, 5.74) is 0. The minimum absolute atomic E-state index is 0. The number of hydrogen-bond acceptors (Lipinski definition) is 4. The Morgan fingerprint density at radius 3 is 0.929 bits per heavy atom. The molecule has 0 fully saturated rings. The van der Waals surface area contributed by atoms with Gasteiger partial charge in [-0.25, -0.2) is 0 Å². The largest absolute Gasteiger partial charge is 0.481 e. The molecule has 0 amide bonds. The van der Waals surface area contributed by atoms with Gasteiger partial charge in [0, 0.05) is 13.8 Å². The summed E-state index contributed by atoms with van der Waals surface area (Å²) in [6, 6.07) is 0. The van der Waals surface area contributed by atoms with Crippen molar-refractivity contribution >= 4 is 22.3 Å². The Bertz CT molecular complexity index is 212. The maximum atomic E-state index is 9.00. The molecule has 0 aromatic rings. The van der Waals surface area contributed by atoms with Crippen LogP contribution in [0.1, 0.15) is 13.8 Å². The highest BCUT2D eigenvalue weighted by Gasteiger charge is 1.84. The Balaban J connectivity index is -0.0000000522. The lowest BCUT2D eigenvalue weighted by atomic mass is 10.9. The summed E-state index contributed by atoms with van der Waals surface area (Å²) < 4.78 is 31.6. The number of carbonyl (C=O) groups is 2. The fourth-order valence-corrected chi connectivity index (χ4v) is 0. The zero-order valence-electron chi connectivity index (χ0n) is 7.33. The first-order chi connectivity index (χ1) is 5.46. The summed E-state index contributed by atoms with van der Waals surface area (Å²) in [5, 5.41) is 14.8. The Hall–Kier alpha value is -1.23. The Kier molecular flexibility index (Phi) is 19.3. The molecule has 0 aliphatic carbocycles. The third kappa shape index (κ3) is 680. The van der Waals surface area contributed by atoms with Crippen LogP contribution in [0.5, 0.6) is 0 Å². The van der Waals surface area contributed by atoms with Crippen LogP contribution in [0.4, 0.5) is 0 Å². The molecule has 6 N–H and O–H groups in total. The third-order valence-corrected chi connectivity index (χ3v) is 0. The minimum atomic E-state index is -4.67. The van der Waals surface area contributed by atoms with Gasteiger partial charge in [0.2, 0.25) is 0 Å². The molecule has 0 saturated heterocycles. The average molecular weight is 236 g/mol. The van der Waals surface area contributed by atoms with Crippen LogP contribution in [0.15, 0.2) is 0 Å². The molecule has 0 bridgehead atoms. The fraction of sp³-hybridized carbons (Fsp3) is 0.500. The molecule has 0 rings (SSSR count). The van der Waals surface area contributed by atoms with E-state index < -0.39 is 22.3 Å². The first-order valence-corrected chi connectivity index (χ1v) is 3.95. The SMILES string of the molecule is CC(=O)O.CC(=O)O.O.O=S(=O)(O)O. The molecule has 10 heteroatoms. The Labute approximate surface area is 79.9 Å². The van der Waals surface area contributed by atoms with Crippen molar-refractivity contribution in [3.05, 3.63) is 0 Å². The standard InChI is InChI=1S/2C2H4O2.H2O4S.H2O/c2*1-2(3)4;1-5(2,3)4;/h2*1H3,(H,3,4);(H2,1,2,3,4);1H2. The summed E-state index contributed by atoms with van der Waals surface area (Å²) in [4.78, 5) is 18.0. The zero-order chi connectivity index (χ0) is 11.7. The fourth-order valence-electron chi connectivity index (χ4n) is 0. The highest BCUT2D eigenvalue weighted by Crippen LogP contribution is 1.59. The quantitative estimate of drug-likeness (QED) is 0.374. The van der Waals surface area contributed by atoms with Crippen LogP contribution in [0.2, 0.25) is 0 Å². The van der Waals surface area contributed by atoms with E-state index in [-0.39, 0.29) is 5.48 Å². The van der Waals surface area contributed by atoms with Crippen LogP contribution in [0.3, 0.4) is 0 Å². The third-order valence-electron chi connectivity index (χ3n) is 0. The maximum Gasteiger partial charge on any atom is 0.394 e. The molecule has 9 nitrogen and oxygen atoms in total. The van der Waals surface area contributed by atoms with E-state index in [1.54, 1.807) is 0 Å². The van der Waals surface area contributed by atoms with Gasteiger partial charge in [-0.15, -0.1) is 0 Å². The molecule has 0 aliphatic heterocycles. The van der Waals surface area contributed by atoms with Crippen molar-refractivity contribution in [2.45, 2.75) is 13.8 Å². The lowest BCUT2D eigenvalue weighted by molar-refractivity contribution is -0.135. The number of aliphatic carboxylic acids is 2. The summed E-state index contributed by atoms with van der Waals surface area (Å²) in [5.74, 6) is -1.67. The van der Waals surface area contributed by atoms with Crippen molar-refractivity contribution in [1.82, 2.24) is 0 Å². The maximum absolute atomic E-state index is 9.00. The molecule has 0 aliphatic rings. The normalized spacial score (nSPS) is 7.71. The second-order valence-corrected chi connectivity index (χ2v) is 2.38. The van der Waals surface area contributed by atoms with E-state index in [0.29, 0.717) is 0 Å². The molecule has 0 atom stereocenters. The van der Waals surface area contributed by atoms with Gasteiger partial charge in [-0.2, -0.15) is 8.42 Å².